The highest BCUT2D eigenvalue weighted by molar-refractivity contribution is 5.91. The van der Waals surface area contributed by atoms with Crippen molar-refractivity contribution in [3.63, 3.8) is 0 Å². The van der Waals surface area contributed by atoms with Gasteiger partial charge >= 0.3 is 5.97 Å². The van der Waals surface area contributed by atoms with Crippen molar-refractivity contribution in [1.82, 2.24) is 0 Å². The van der Waals surface area contributed by atoms with E-state index in [2.05, 4.69) is 11.8 Å². The van der Waals surface area contributed by atoms with Crippen molar-refractivity contribution >= 4 is 17.3 Å². The fourth-order valence-electron chi connectivity index (χ4n) is 2.89. The molecule has 0 N–H and O–H groups in total. The SMILES string of the molecule is CCC1CCCCN1c1cc(C(=O)OC)ccc1[N+](=O)[O-]. The van der Waals surface area contributed by atoms with E-state index in [0.717, 1.165) is 32.2 Å². The number of carbonyl (C=O) groups excluding carboxylic acids is 1. The van der Waals surface area contributed by atoms with Crippen LogP contribution in [-0.2, 0) is 4.74 Å². The average molecular weight is 292 g/mol. The predicted molar refractivity (Wildman–Crippen MR) is 79.7 cm³/mol. The van der Waals surface area contributed by atoms with Crippen molar-refractivity contribution in [3.8, 4) is 0 Å². The molecule has 1 aromatic rings. The van der Waals surface area contributed by atoms with Crippen molar-refractivity contribution in [2.45, 2.75) is 38.6 Å². The number of ether oxygens (including phenoxy) is 1. The Hall–Kier alpha value is -2.11. The molecule has 2 rings (SSSR count). The maximum absolute atomic E-state index is 11.7. The second-order valence-corrected chi connectivity index (χ2v) is 5.20. The highest BCUT2D eigenvalue weighted by atomic mass is 16.6. The van der Waals surface area contributed by atoms with Gasteiger partial charge in [0.05, 0.1) is 17.6 Å². The van der Waals surface area contributed by atoms with Crippen molar-refractivity contribution in [2.75, 3.05) is 18.6 Å². The molecule has 114 valence electrons. The second kappa shape index (κ2) is 6.56. The lowest BCUT2D eigenvalue weighted by Crippen LogP contribution is -2.39. The summed E-state index contributed by atoms with van der Waals surface area (Å²) in [5.41, 5.74) is 0.913. The predicted octanol–water partition coefficient (Wildman–Crippen LogP) is 3.15. The van der Waals surface area contributed by atoms with E-state index in [1.165, 1.54) is 19.2 Å². The smallest absolute Gasteiger partial charge is 0.337 e. The van der Waals surface area contributed by atoms with Crippen LogP contribution in [-0.4, -0.2) is 30.6 Å². The Morgan fingerprint density at radius 3 is 2.86 bits per heavy atom. The van der Waals surface area contributed by atoms with Gasteiger partial charge < -0.3 is 9.64 Å². The zero-order valence-corrected chi connectivity index (χ0v) is 12.4. The third-order valence-corrected chi connectivity index (χ3v) is 4.00. The van der Waals surface area contributed by atoms with E-state index >= 15 is 0 Å². The van der Waals surface area contributed by atoms with E-state index in [1.807, 2.05) is 0 Å². The molecule has 0 saturated carbocycles. The number of benzene rings is 1. The number of nitrogens with zero attached hydrogens (tertiary/aromatic N) is 2. The molecule has 0 radical (unpaired) electrons. The van der Waals surface area contributed by atoms with Gasteiger partial charge in [-0.3, -0.25) is 10.1 Å². The first-order valence-electron chi connectivity index (χ1n) is 7.21. The second-order valence-electron chi connectivity index (χ2n) is 5.20. The minimum atomic E-state index is -0.476. The highest BCUT2D eigenvalue weighted by Gasteiger charge is 2.28. The zero-order valence-electron chi connectivity index (χ0n) is 12.4. The van der Waals surface area contributed by atoms with Crippen LogP contribution < -0.4 is 4.90 Å². The minimum absolute atomic E-state index is 0.0444. The first kappa shape index (κ1) is 15.3. The van der Waals surface area contributed by atoms with Gasteiger partial charge in [-0.05, 0) is 37.8 Å². The third-order valence-electron chi connectivity index (χ3n) is 4.00. The molecule has 6 heteroatoms. The number of piperidine rings is 1. The molecule has 0 amide bonds. The van der Waals surface area contributed by atoms with E-state index in [9.17, 15) is 14.9 Å². The van der Waals surface area contributed by atoms with Crippen molar-refractivity contribution in [1.29, 1.82) is 0 Å². The minimum Gasteiger partial charge on any atom is -0.465 e. The van der Waals surface area contributed by atoms with Gasteiger partial charge in [0.2, 0.25) is 0 Å². The topological polar surface area (TPSA) is 72.7 Å². The van der Waals surface area contributed by atoms with E-state index in [0.29, 0.717) is 11.3 Å². The van der Waals surface area contributed by atoms with Gasteiger partial charge in [-0.15, -0.1) is 0 Å². The molecule has 1 unspecified atom stereocenters. The summed E-state index contributed by atoms with van der Waals surface area (Å²) in [5.74, 6) is -0.476. The highest BCUT2D eigenvalue weighted by Crippen LogP contribution is 2.34. The monoisotopic (exact) mass is 292 g/mol. The lowest BCUT2D eigenvalue weighted by molar-refractivity contribution is -0.384. The van der Waals surface area contributed by atoms with Crippen LogP contribution in [0.4, 0.5) is 11.4 Å². The Kier molecular flexibility index (Phi) is 4.77. The lowest BCUT2D eigenvalue weighted by Gasteiger charge is -2.36. The Labute approximate surface area is 123 Å². The Bertz CT molecular complexity index is 544. The number of carbonyl (C=O) groups is 1. The summed E-state index contributed by atoms with van der Waals surface area (Å²) in [5, 5.41) is 11.3. The number of rotatable bonds is 4. The molecule has 0 aromatic heterocycles. The number of methoxy groups -OCH3 is 1. The maximum Gasteiger partial charge on any atom is 0.337 e. The van der Waals surface area contributed by atoms with Gasteiger partial charge in [0, 0.05) is 18.7 Å². The van der Waals surface area contributed by atoms with Gasteiger partial charge in [0.25, 0.3) is 5.69 Å². The van der Waals surface area contributed by atoms with E-state index in [1.54, 1.807) is 6.07 Å². The van der Waals surface area contributed by atoms with E-state index in [4.69, 9.17) is 4.74 Å². The molecule has 1 fully saturated rings. The van der Waals surface area contributed by atoms with Crippen LogP contribution >= 0.6 is 0 Å². The van der Waals surface area contributed by atoms with Crippen LogP contribution in [0.2, 0.25) is 0 Å². The molecule has 1 aliphatic heterocycles. The zero-order chi connectivity index (χ0) is 15.4. The van der Waals surface area contributed by atoms with Crippen LogP contribution in [0.5, 0.6) is 0 Å². The van der Waals surface area contributed by atoms with Crippen molar-refractivity contribution in [2.24, 2.45) is 0 Å². The fourth-order valence-corrected chi connectivity index (χ4v) is 2.89. The summed E-state index contributed by atoms with van der Waals surface area (Å²) in [6.45, 7) is 2.86. The number of hydrogen-bond acceptors (Lipinski definition) is 5. The van der Waals surface area contributed by atoms with Crippen LogP contribution in [0, 0.1) is 10.1 Å². The molecule has 21 heavy (non-hydrogen) atoms. The van der Waals surface area contributed by atoms with E-state index in [-0.39, 0.29) is 11.7 Å². The largest absolute Gasteiger partial charge is 0.465 e. The van der Waals surface area contributed by atoms with E-state index < -0.39 is 10.9 Å². The summed E-state index contributed by atoms with van der Waals surface area (Å²) >= 11 is 0. The molecule has 1 heterocycles. The van der Waals surface area contributed by atoms with Crippen LogP contribution in [0.3, 0.4) is 0 Å². The molecule has 1 aromatic carbocycles. The quantitative estimate of drug-likeness (QED) is 0.484. The first-order chi connectivity index (χ1) is 10.1. The Morgan fingerprint density at radius 1 is 1.48 bits per heavy atom. The van der Waals surface area contributed by atoms with Crippen LogP contribution in [0.15, 0.2) is 18.2 Å². The molecule has 0 aliphatic carbocycles. The van der Waals surface area contributed by atoms with Gasteiger partial charge in [-0.25, -0.2) is 4.79 Å². The van der Waals surface area contributed by atoms with Gasteiger partial charge in [0.15, 0.2) is 0 Å². The fraction of sp³-hybridized carbons (Fsp3) is 0.533. The van der Waals surface area contributed by atoms with Crippen molar-refractivity contribution in [3.05, 3.63) is 33.9 Å². The Morgan fingerprint density at radius 2 is 2.24 bits per heavy atom. The van der Waals surface area contributed by atoms with Gasteiger partial charge in [-0.2, -0.15) is 0 Å². The summed E-state index contributed by atoms with van der Waals surface area (Å²) in [6, 6.07) is 4.70. The molecule has 0 bridgehead atoms. The van der Waals surface area contributed by atoms with Gasteiger partial charge in [-0.1, -0.05) is 6.92 Å². The lowest BCUT2D eigenvalue weighted by atomic mass is 9.98. The average Bonchev–Trinajstić information content (AvgIpc) is 2.53. The number of anilines is 1. The maximum atomic E-state index is 11.7. The Balaban J connectivity index is 2.46. The van der Waals surface area contributed by atoms with Crippen LogP contribution in [0.1, 0.15) is 43.0 Å². The summed E-state index contributed by atoms with van der Waals surface area (Å²) in [4.78, 5) is 24.6. The summed E-state index contributed by atoms with van der Waals surface area (Å²) < 4.78 is 4.70. The molecular weight excluding hydrogens is 272 g/mol. The molecule has 1 atom stereocenters. The normalized spacial score (nSPS) is 18.4. The number of hydrogen-bond donors (Lipinski definition) is 0. The molecular formula is C15H20N2O4. The molecule has 1 saturated heterocycles. The standard InChI is InChI=1S/C15H20N2O4/c1-3-12-6-4-5-9-16(12)14-10-11(15(18)21-2)7-8-13(14)17(19)20/h7-8,10,12H,3-6,9H2,1-2H3. The third kappa shape index (κ3) is 3.15. The summed E-state index contributed by atoms with van der Waals surface area (Å²) in [7, 11) is 1.30. The van der Waals surface area contributed by atoms with Crippen LogP contribution in [0.25, 0.3) is 0 Å². The van der Waals surface area contributed by atoms with Crippen molar-refractivity contribution < 1.29 is 14.5 Å². The summed E-state index contributed by atoms with van der Waals surface area (Å²) in [6.07, 6.45) is 4.10. The molecule has 1 aliphatic rings. The van der Waals surface area contributed by atoms with Gasteiger partial charge in [0.1, 0.15) is 5.69 Å². The number of nitro groups is 1. The molecule has 0 spiro atoms. The number of nitro benzene ring substituents is 1. The molecule has 6 nitrogen and oxygen atoms in total. The first-order valence-corrected chi connectivity index (χ1v) is 7.21. The number of esters is 1.